The summed E-state index contributed by atoms with van der Waals surface area (Å²) in [7, 11) is 0. The van der Waals surface area contributed by atoms with Gasteiger partial charge in [-0.15, -0.1) is 10.2 Å². The van der Waals surface area contributed by atoms with Crippen molar-refractivity contribution in [3.8, 4) is 11.8 Å². The molecule has 136 valence electrons. The first-order chi connectivity index (χ1) is 12.3. The Bertz CT molecular complexity index is 872. The molecule has 1 N–H and O–H groups in total. The third-order valence-corrected chi connectivity index (χ3v) is 4.19. The molecule has 0 spiro atoms. The second-order valence-electron chi connectivity index (χ2n) is 7.49. The zero-order valence-electron chi connectivity index (χ0n) is 15.2. The molecule has 1 aromatic heterocycles. The second-order valence-corrected chi connectivity index (χ2v) is 7.93. The number of fused-ring (bicyclic) bond motifs is 1. The topological polar surface area (TPSA) is 63.1 Å². The van der Waals surface area contributed by atoms with Gasteiger partial charge in [-0.1, -0.05) is 44.4 Å². The summed E-state index contributed by atoms with van der Waals surface area (Å²) in [6.45, 7) is 8.56. The molecular weight excluding hydrogens is 350 g/mol. The SMILES string of the molecule is CC(C)(C)CNC(=O)N1CCn2c(C#Cc3cccc(Cl)c3)nnc2C1. The monoisotopic (exact) mass is 371 g/mol. The van der Waals surface area contributed by atoms with Gasteiger partial charge in [-0.3, -0.25) is 0 Å². The highest BCUT2D eigenvalue weighted by molar-refractivity contribution is 6.30. The number of rotatable bonds is 1. The van der Waals surface area contributed by atoms with Crippen molar-refractivity contribution in [2.75, 3.05) is 13.1 Å². The molecule has 0 unspecified atom stereocenters. The van der Waals surface area contributed by atoms with Crippen molar-refractivity contribution in [3.05, 3.63) is 46.5 Å². The number of benzene rings is 1. The smallest absolute Gasteiger partial charge is 0.317 e. The molecule has 0 aliphatic carbocycles. The predicted octanol–water partition coefficient (Wildman–Crippen LogP) is 2.90. The van der Waals surface area contributed by atoms with Gasteiger partial charge < -0.3 is 14.8 Å². The minimum Gasteiger partial charge on any atom is -0.337 e. The number of hydrogen-bond donors (Lipinski definition) is 1. The van der Waals surface area contributed by atoms with Crippen molar-refractivity contribution in [3.63, 3.8) is 0 Å². The van der Waals surface area contributed by atoms with Gasteiger partial charge in [0.25, 0.3) is 0 Å². The standard InChI is InChI=1S/C19H22ClN5O/c1-19(2,3)13-21-18(26)24-9-10-25-16(22-23-17(25)12-24)8-7-14-5-4-6-15(20)11-14/h4-6,11H,9-10,12-13H2,1-3H3,(H,21,26). The first-order valence-corrected chi connectivity index (χ1v) is 8.92. The average molecular weight is 372 g/mol. The molecule has 0 fully saturated rings. The quantitative estimate of drug-likeness (QED) is 0.784. The van der Waals surface area contributed by atoms with E-state index in [-0.39, 0.29) is 11.4 Å². The molecule has 1 aromatic carbocycles. The largest absolute Gasteiger partial charge is 0.337 e. The summed E-state index contributed by atoms with van der Waals surface area (Å²) in [5.74, 6) is 7.46. The Labute approximate surface area is 158 Å². The summed E-state index contributed by atoms with van der Waals surface area (Å²) in [6.07, 6.45) is 0. The number of hydrogen-bond acceptors (Lipinski definition) is 3. The van der Waals surface area contributed by atoms with E-state index >= 15 is 0 Å². The summed E-state index contributed by atoms with van der Waals surface area (Å²) in [5, 5.41) is 12.0. The molecule has 0 saturated heterocycles. The normalized spacial score (nSPS) is 13.6. The summed E-state index contributed by atoms with van der Waals surface area (Å²) in [5.41, 5.74) is 0.878. The van der Waals surface area contributed by atoms with Crippen LogP contribution in [-0.4, -0.2) is 38.8 Å². The lowest BCUT2D eigenvalue weighted by Gasteiger charge is -2.29. The highest BCUT2D eigenvalue weighted by Gasteiger charge is 2.24. The van der Waals surface area contributed by atoms with Crippen molar-refractivity contribution in [2.24, 2.45) is 5.41 Å². The van der Waals surface area contributed by atoms with Crippen LogP contribution in [0.15, 0.2) is 24.3 Å². The van der Waals surface area contributed by atoms with E-state index in [1.165, 1.54) is 0 Å². The lowest BCUT2D eigenvalue weighted by atomic mass is 9.97. The first-order valence-electron chi connectivity index (χ1n) is 8.54. The molecule has 26 heavy (non-hydrogen) atoms. The maximum absolute atomic E-state index is 12.3. The van der Waals surface area contributed by atoms with Crippen molar-refractivity contribution in [1.82, 2.24) is 25.0 Å². The molecule has 2 amide bonds. The van der Waals surface area contributed by atoms with Crippen LogP contribution < -0.4 is 5.32 Å². The van der Waals surface area contributed by atoms with Crippen LogP contribution in [0.4, 0.5) is 4.79 Å². The van der Waals surface area contributed by atoms with Crippen LogP contribution in [0.5, 0.6) is 0 Å². The Hall–Kier alpha value is -2.52. The molecule has 0 saturated carbocycles. The van der Waals surface area contributed by atoms with Gasteiger partial charge in [-0.2, -0.15) is 0 Å². The Morgan fingerprint density at radius 2 is 2.08 bits per heavy atom. The molecule has 2 aromatic rings. The highest BCUT2D eigenvalue weighted by atomic mass is 35.5. The number of urea groups is 1. The lowest BCUT2D eigenvalue weighted by molar-refractivity contribution is 0.178. The van der Waals surface area contributed by atoms with Crippen LogP contribution in [0, 0.1) is 17.3 Å². The second kappa shape index (κ2) is 7.38. The van der Waals surface area contributed by atoms with E-state index in [9.17, 15) is 4.79 Å². The van der Waals surface area contributed by atoms with E-state index in [1.54, 1.807) is 4.90 Å². The van der Waals surface area contributed by atoms with Gasteiger partial charge in [-0.25, -0.2) is 4.79 Å². The van der Waals surface area contributed by atoms with Gasteiger partial charge in [0.1, 0.15) is 0 Å². The van der Waals surface area contributed by atoms with Gasteiger partial charge in [0.15, 0.2) is 5.82 Å². The van der Waals surface area contributed by atoms with E-state index in [0.29, 0.717) is 37.0 Å². The number of aromatic nitrogens is 3. The van der Waals surface area contributed by atoms with Crippen LogP contribution >= 0.6 is 11.6 Å². The molecule has 2 heterocycles. The predicted molar refractivity (Wildman–Crippen MR) is 101 cm³/mol. The number of nitrogens with zero attached hydrogens (tertiary/aromatic N) is 4. The molecule has 7 heteroatoms. The fourth-order valence-electron chi connectivity index (χ4n) is 2.57. The highest BCUT2D eigenvalue weighted by Crippen LogP contribution is 2.14. The van der Waals surface area contributed by atoms with Crippen molar-refractivity contribution in [2.45, 2.75) is 33.9 Å². The number of nitrogens with one attached hydrogen (secondary N) is 1. The Morgan fingerprint density at radius 3 is 2.81 bits per heavy atom. The van der Waals surface area contributed by atoms with Crippen molar-refractivity contribution >= 4 is 17.6 Å². The summed E-state index contributed by atoms with van der Waals surface area (Å²) in [4.78, 5) is 14.1. The van der Waals surface area contributed by atoms with Gasteiger partial charge in [0, 0.05) is 30.2 Å². The molecule has 6 nitrogen and oxygen atoms in total. The Balaban J connectivity index is 1.68. The number of amides is 2. The molecule has 3 rings (SSSR count). The Morgan fingerprint density at radius 1 is 1.27 bits per heavy atom. The van der Waals surface area contributed by atoms with E-state index in [0.717, 1.165) is 11.4 Å². The summed E-state index contributed by atoms with van der Waals surface area (Å²) < 4.78 is 1.96. The van der Waals surface area contributed by atoms with Crippen LogP contribution in [-0.2, 0) is 13.1 Å². The van der Waals surface area contributed by atoms with Gasteiger partial charge in [0.05, 0.1) is 6.54 Å². The number of halogens is 1. The van der Waals surface area contributed by atoms with Crippen LogP contribution in [0.25, 0.3) is 0 Å². The molecule has 0 bridgehead atoms. The lowest BCUT2D eigenvalue weighted by Crippen LogP contribution is -2.46. The number of carbonyl (C=O) groups excluding carboxylic acids is 1. The first kappa shape index (κ1) is 18.3. The average Bonchev–Trinajstić information content (AvgIpc) is 2.99. The summed E-state index contributed by atoms with van der Waals surface area (Å²) >= 11 is 5.98. The maximum atomic E-state index is 12.3. The Kier molecular flexibility index (Phi) is 5.19. The molecule has 0 radical (unpaired) electrons. The molecule has 0 atom stereocenters. The van der Waals surface area contributed by atoms with Gasteiger partial charge in [0.2, 0.25) is 5.82 Å². The molecule has 1 aliphatic heterocycles. The minimum atomic E-state index is -0.0688. The fourth-order valence-corrected chi connectivity index (χ4v) is 2.76. The van der Waals surface area contributed by atoms with Crippen molar-refractivity contribution < 1.29 is 4.79 Å². The van der Waals surface area contributed by atoms with Gasteiger partial charge in [-0.05, 0) is 29.5 Å². The van der Waals surface area contributed by atoms with Crippen molar-refractivity contribution in [1.29, 1.82) is 0 Å². The zero-order valence-corrected chi connectivity index (χ0v) is 16.0. The third kappa shape index (κ3) is 4.55. The summed E-state index contributed by atoms with van der Waals surface area (Å²) in [6, 6.07) is 7.31. The van der Waals surface area contributed by atoms with E-state index in [2.05, 4.69) is 48.1 Å². The maximum Gasteiger partial charge on any atom is 0.317 e. The van der Waals surface area contributed by atoms with Crippen LogP contribution in [0.3, 0.4) is 0 Å². The van der Waals surface area contributed by atoms with E-state index < -0.39 is 0 Å². The molecular formula is C19H22ClN5O. The molecule has 1 aliphatic rings. The van der Waals surface area contributed by atoms with Crippen LogP contribution in [0.1, 0.15) is 38.0 Å². The fraction of sp³-hybridized carbons (Fsp3) is 0.421. The number of carbonyl (C=O) groups is 1. The minimum absolute atomic E-state index is 0.0502. The van der Waals surface area contributed by atoms with Crippen LogP contribution in [0.2, 0.25) is 5.02 Å². The third-order valence-electron chi connectivity index (χ3n) is 3.95. The zero-order chi connectivity index (χ0) is 18.7. The van der Waals surface area contributed by atoms with E-state index in [1.807, 2.05) is 28.8 Å². The van der Waals surface area contributed by atoms with Gasteiger partial charge >= 0.3 is 6.03 Å². The van der Waals surface area contributed by atoms with E-state index in [4.69, 9.17) is 11.6 Å².